The van der Waals surface area contributed by atoms with Crippen molar-refractivity contribution >= 4 is 23.0 Å². The molecule has 110 valence electrons. The van der Waals surface area contributed by atoms with E-state index in [0.29, 0.717) is 0 Å². The fourth-order valence-electron chi connectivity index (χ4n) is 1.56. The summed E-state index contributed by atoms with van der Waals surface area (Å²) in [4.78, 5) is 20.2. The molecule has 0 fully saturated rings. The maximum Gasteiger partial charge on any atom is 0.295 e. The number of benzene rings is 1. The van der Waals surface area contributed by atoms with Crippen LogP contribution in [0.3, 0.4) is 0 Å². The van der Waals surface area contributed by atoms with Crippen LogP contribution in [0.2, 0.25) is 5.02 Å². The van der Waals surface area contributed by atoms with Gasteiger partial charge in [-0.3, -0.25) is 20.2 Å². The number of halogens is 1. The molecule has 0 aromatic heterocycles. The molecular formula is C11H13ClN2O6. The first-order valence-corrected chi connectivity index (χ1v) is 6.15. The lowest BCUT2D eigenvalue weighted by molar-refractivity contribution is -0.394. The fraction of sp³-hybridized carbons (Fsp3) is 0.455. The van der Waals surface area contributed by atoms with Gasteiger partial charge in [0.2, 0.25) is 0 Å². The Labute approximate surface area is 119 Å². The zero-order valence-corrected chi connectivity index (χ0v) is 11.6. The number of hydrogen-bond acceptors (Lipinski definition) is 6. The minimum Gasteiger partial charge on any atom is -0.349 e. The molecule has 0 bridgehead atoms. The van der Waals surface area contributed by atoms with E-state index < -0.39 is 32.5 Å². The van der Waals surface area contributed by atoms with Crippen LogP contribution in [0.15, 0.2) is 12.1 Å². The molecule has 1 aromatic rings. The van der Waals surface area contributed by atoms with Crippen molar-refractivity contribution in [1.82, 2.24) is 0 Å². The molecule has 1 rings (SSSR count). The Hall–Kier alpha value is -1.77. The maximum atomic E-state index is 10.9. The molecular weight excluding hydrogens is 292 g/mol. The summed E-state index contributed by atoms with van der Waals surface area (Å²) in [6.45, 7) is 4.00. The Morgan fingerprint density at radius 1 is 1.10 bits per heavy atom. The lowest BCUT2D eigenvalue weighted by Crippen LogP contribution is -2.10. The van der Waals surface area contributed by atoms with Gasteiger partial charge in [-0.15, -0.1) is 0 Å². The van der Waals surface area contributed by atoms with Crippen molar-refractivity contribution in [2.75, 3.05) is 13.2 Å². The van der Waals surface area contributed by atoms with Gasteiger partial charge in [-0.2, -0.15) is 0 Å². The zero-order chi connectivity index (χ0) is 15.3. The molecule has 0 aliphatic rings. The summed E-state index contributed by atoms with van der Waals surface area (Å²) >= 11 is 5.66. The van der Waals surface area contributed by atoms with Gasteiger partial charge in [0.05, 0.1) is 9.85 Å². The van der Waals surface area contributed by atoms with Crippen LogP contribution in [-0.4, -0.2) is 23.1 Å². The van der Waals surface area contributed by atoms with E-state index in [0.717, 1.165) is 12.1 Å². The van der Waals surface area contributed by atoms with Crippen molar-refractivity contribution in [2.24, 2.45) is 0 Å². The number of rotatable bonds is 7. The molecule has 8 nitrogen and oxygen atoms in total. The highest BCUT2D eigenvalue weighted by Gasteiger charge is 2.28. The van der Waals surface area contributed by atoms with E-state index in [-0.39, 0.29) is 18.8 Å². The summed E-state index contributed by atoms with van der Waals surface area (Å²) in [6, 6.07) is 2.23. The first kappa shape index (κ1) is 16.3. The summed E-state index contributed by atoms with van der Waals surface area (Å²) < 4.78 is 10.5. The first-order valence-electron chi connectivity index (χ1n) is 5.77. The zero-order valence-electron chi connectivity index (χ0n) is 10.9. The molecule has 0 saturated heterocycles. The van der Waals surface area contributed by atoms with Gasteiger partial charge in [-0.25, -0.2) is 0 Å². The number of hydrogen-bond donors (Lipinski definition) is 0. The highest BCUT2D eigenvalue weighted by atomic mass is 35.5. The molecule has 1 aromatic carbocycles. The van der Waals surface area contributed by atoms with Crippen LogP contribution in [0, 0.1) is 20.2 Å². The van der Waals surface area contributed by atoms with Crippen molar-refractivity contribution < 1.29 is 19.3 Å². The minimum atomic E-state index is -0.917. The molecule has 0 radical (unpaired) electrons. The Kier molecular flexibility index (Phi) is 5.81. The van der Waals surface area contributed by atoms with Crippen LogP contribution in [0.1, 0.15) is 25.7 Å². The van der Waals surface area contributed by atoms with E-state index >= 15 is 0 Å². The third-order valence-electron chi connectivity index (χ3n) is 2.36. The third-order valence-corrected chi connectivity index (χ3v) is 2.75. The topological polar surface area (TPSA) is 105 Å². The molecule has 0 heterocycles. The molecule has 0 atom stereocenters. The van der Waals surface area contributed by atoms with E-state index in [9.17, 15) is 20.2 Å². The summed E-state index contributed by atoms with van der Waals surface area (Å²) in [7, 11) is 0. The summed E-state index contributed by atoms with van der Waals surface area (Å²) in [5.74, 6) is 0. The third kappa shape index (κ3) is 3.62. The van der Waals surface area contributed by atoms with Gasteiger partial charge < -0.3 is 9.47 Å². The van der Waals surface area contributed by atoms with Gasteiger partial charge in [0.1, 0.15) is 0 Å². The summed E-state index contributed by atoms with van der Waals surface area (Å²) in [5, 5.41) is 21.3. The molecule has 0 spiro atoms. The largest absolute Gasteiger partial charge is 0.349 e. The lowest BCUT2D eigenvalue weighted by atomic mass is 10.1. The maximum absolute atomic E-state index is 10.9. The second-order valence-corrected chi connectivity index (χ2v) is 4.01. The normalized spacial score (nSPS) is 10.8. The second kappa shape index (κ2) is 7.13. The van der Waals surface area contributed by atoms with Gasteiger partial charge in [0.15, 0.2) is 11.3 Å². The minimum absolute atomic E-state index is 0.177. The van der Waals surface area contributed by atoms with Gasteiger partial charge in [-0.05, 0) is 13.8 Å². The van der Waals surface area contributed by atoms with Gasteiger partial charge in [0.25, 0.3) is 11.4 Å². The van der Waals surface area contributed by atoms with Crippen LogP contribution >= 0.6 is 11.6 Å². The van der Waals surface area contributed by atoms with Crippen LogP contribution < -0.4 is 0 Å². The second-order valence-electron chi connectivity index (χ2n) is 3.63. The molecule has 20 heavy (non-hydrogen) atoms. The van der Waals surface area contributed by atoms with Crippen LogP contribution in [0.25, 0.3) is 0 Å². The number of nitrogens with zero attached hydrogens (tertiary/aromatic N) is 2. The Balaban J connectivity index is 3.38. The predicted molar refractivity (Wildman–Crippen MR) is 70.8 cm³/mol. The van der Waals surface area contributed by atoms with Crippen molar-refractivity contribution in [2.45, 2.75) is 20.1 Å². The highest BCUT2D eigenvalue weighted by Crippen LogP contribution is 2.37. The van der Waals surface area contributed by atoms with E-state index in [1.807, 2.05) is 0 Å². The molecule has 0 aliphatic carbocycles. The highest BCUT2D eigenvalue weighted by molar-refractivity contribution is 6.34. The number of ether oxygens (including phenoxy) is 2. The van der Waals surface area contributed by atoms with E-state index in [1.54, 1.807) is 13.8 Å². The van der Waals surface area contributed by atoms with Crippen molar-refractivity contribution in [1.29, 1.82) is 0 Å². The summed E-state index contributed by atoms with van der Waals surface area (Å²) in [6.07, 6.45) is -0.917. The Morgan fingerprint density at radius 2 is 1.50 bits per heavy atom. The smallest absolute Gasteiger partial charge is 0.295 e. The van der Waals surface area contributed by atoms with Gasteiger partial charge in [-0.1, -0.05) is 11.6 Å². The quantitative estimate of drug-likeness (QED) is 0.435. The van der Waals surface area contributed by atoms with Gasteiger partial charge >= 0.3 is 0 Å². The van der Waals surface area contributed by atoms with Crippen molar-refractivity contribution in [3.8, 4) is 0 Å². The predicted octanol–water partition coefficient (Wildman–Crippen LogP) is 3.23. The van der Waals surface area contributed by atoms with E-state index in [2.05, 4.69) is 0 Å². The fourth-order valence-corrected chi connectivity index (χ4v) is 1.81. The van der Waals surface area contributed by atoms with Crippen LogP contribution in [0.4, 0.5) is 11.4 Å². The lowest BCUT2D eigenvalue weighted by Gasteiger charge is -2.17. The average Bonchev–Trinajstić information content (AvgIpc) is 2.38. The SMILES string of the molecule is CCOC(OCC)c1cc([N+](=O)[O-])c(Cl)c([N+](=O)[O-])c1. The van der Waals surface area contributed by atoms with E-state index in [4.69, 9.17) is 21.1 Å². The van der Waals surface area contributed by atoms with Crippen molar-refractivity contribution in [3.63, 3.8) is 0 Å². The molecule has 0 aliphatic heterocycles. The van der Waals surface area contributed by atoms with Crippen LogP contribution in [-0.2, 0) is 9.47 Å². The molecule has 0 saturated carbocycles. The van der Waals surface area contributed by atoms with E-state index in [1.165, 1.54) is 0 Å². The number of nitro benzene ring substituents is 2. The molecule has 9 heteroatoms. The van der Waals surface area contributed by atoms with Crippen molar-refractivity contribution in [3.05, 3.63) is 42.9 Å². The average molecular weight is 305 g/mol. The standard InChI is InChI=1S/C11H13ClN2O6/c1-3-19-11(20-4-2)7-5-8(13(15)16)10(12)9(6-7)14(17)18/h5-6,11H,3-4H2,1-2H3. The van der Waals surface area contributed by atoms with Crippen LogP contribution in [0.5, 0.6) is 0 Å². The monoisotopic (exact) mass is 304 g/mol. The first-order chi connectivity index (χ1) is 9.42. The molecule has 0 unspecified atom stereocenters. The number of nitro groups is 2. The molecule has 0 N–H and O–H groups in total. The summed E-state index contributed by atoms with van der Waals surface area (Å²) in [5.41, 5.74) is -0.933. The molecule has 0 amide bonds. The Bertz CT molecular complexity index is 481. The van der Waals surface area contributed by atoms with Gasteiger partial charge in [0, 0.05) is 30.9 Å². The Morgan fingerprint density at radius 3 is 1.80 bits per heavy atom.